The average Bonchev–Trinajstić information content (AvgIpc) is 2.48. The summed E-state index contributed by atoms with van der Waals surface area (Å²) in [6, 6.07) is 0. The van der Waals surface area contributed by atoms with Gasteiger partial charge in [-0.15, -0.1) is 0 Å². The smallest absolute Gasteiger partial charge is 0.261 e. The first-order chi connectivity index (χ1) is 8.61. The summed E-state index contributed by atoms with van der Waals surface area (Å²) in [6.45, 7) is 0. The van der Waals surface area contributed by atoms with Gasteiger partial charge in [0, 0.05) is 5.57 Å². The second-order valence-electron chi connectivity index (χ2n) is 5.16. The van der Waals surface area contributed by atoms with Crippen molar-refractivity contribution in [2.24, 2.45) is 0 Å². The summed E-state index contributed by atoms with van der Waals surface area (Å²) in [7, 11) is -3.50. The largest absolute Gasteiger partial charge is 0.269 e. The van der Waals surface area contributed by atoms with Crippen LogP contribution in [0.5, 0.6) is 0 Å². The Labute approximate surface area is 109 Å². The van der Waals surface area contributed by atoms with E-state index in [0.29, 0.717) is 23.3 Å². The lowest BCUT2D eigenvalue weighted by atomic mass is 10.00. The third kappa shape index (κ3) is 3.13. The third-order valence-corrected chi connectivity index (χ3v) is 5.30. The molecule has 1 heterocycles. The topological polar surface area (TPSA) is 63.2 Å². The maximum atomic E-state index is 11.8. The van der Waals surface area contributed by atoms with Crippen molar-refractivity contribution in [3.63, 3.8) is 0 Å². The fourth-order valence-electron chi connectivity index (χ4n) is 2.72. The van der Waals surface area contributed by atoms with Gasteiger partial charge >= 0.3 is 0 Å². The molecule has 0 fully saturated rings. The quantitative estimate of drug-likeness (QED) is 0.736. The zero-order valence-corrected chi connectivity index (χ0v) is 11.5. The van der Waals surface area contributed by atoms with Gasteiger partial charge in [-0.1, -0.05) is 38.5 Å². The van der Waals surface area contributed by atoms with E-state index in [1.54, 1.807) is 0 Å². The van der Waals surface area contributed by atoms with Crippen LogP contribution in [0.4, 0.5) is 0 Å². The number of carbonyl (C=O) groups is 1. The van der Waals surface area contributed by atoms with E-state index in [-0.39, 0.29) is 5.91 Å². The van der Waals surface area contributed by atoms with Crippen LogP contribution in [0.3, 0.4) is 0 Å². The van der Waals surface area contributed by atoms with E-state index in [9.17, 15) is 13.2 Å². The van der Waals surface area contributed by atoms with E-state index in [1.807, 2.05) is 0 Å². The molecule has 0 saturated carbocycles. The van der Waals surface area contributed by atoms with Gasteiger partial charge in [-0.25, -0.2) is 13.1 Å². The molecule has 1 aliphatic heterocycles. The number of nitrogens with one attached hydrogen (secondary N) is 1. The minimum atomic E-state index is -3.50. The van der Waals surface area contributed by atoms with Crippen LogP contribution in [-0.2, 0) is 14.8 Å². The molecule has 0 bridgehead atoms. The number of hydrogen-bond acceptors (Lipinski definition) is 3. The summed E-state index contributed by atoms with van der Waals surface area (Å²) in [4.78, 5) is 12.1. The van der Waals surface area contributed by atoms with Gasteiger partial charge in [0.05, 0.1) is 4.91 Å². The Bertz CT molecular complexity index is 451. The van der Waals surface area contributed by atoms with Gasteiger partial charge in [-0.3, -0.25) is 4.79 Å². The number of amides is 1. The fourth-order valence-corrected chi connectivity index (χ4v) is 4.14. The van der Waals surface area contributed by atoms with Crippen LogP contribution in [0.1, 0.15) is 64.2 Å². The minimum absolute atomic E-state index is 0.369. The van der Waals surface area contributed by atoms with Gasteiger partial charge in [0.1, 0.15) is 0 Å². The Kier molecular flexibility index (Phi) is 4.43. The lowest BCUT2D eigenvalue weighted by Crippen LogP contribution is -2.23. The fraction of sp³-hybridized carbons (Fsp3) is 0.769. The third-order valence-electron chi connectivity index (χ3n) is 3.74. The molecular formula is C13H21NO3S. The van der Waals surface area contributed by atoms with Crippen LogP contribution in [0, 0.1) is 0 Å². The van der Waals surface area contributed by atoms with Gasteiger partial charge in [-0.2, -0.15) is 0 Å². The number of carbonyl (C=O) groups excluding carboxylic acids is 1. The number of sulfonamides is 1. The normalized spacial score (nSPS) is 25.9. The zero-order valence-electron chi connectivity index (χ0n) is 10.7. The lowest BCUT2D eigenvalue weighted by molar-refractivity contribution is -0.115. The Morgan fingerprint density at radius 3 is 1.89 bits per heavy atom. The highest BCUT2D eigenvalue weighted by molar-refractivity contribution is 7.94. The SMILES string of the molecule is O=C1NS(=O)(=O)C2=C1CCCCCCCCCC2. The van der Waals surface area contributed by atoms with Crippen LogP contribution in [0.25, 0.3) is 0 Å². The summed E-state index contributed by atoms with van der Waals surface area (Å²) >= 11 is 0. The molecule has 0 atom stereocenters. The van der Waals surface area contributed by atoms with Crippen molar-refractivity contribution in [3.8, 4) is 0 Å². The predicted molar refractivity (Wildman–Crippen MR) is 70.3 cm³/mol. The molecule has 0 aromatic heterocycles. The molecule has 2 aliphatic rings. The molecule has 2 rings (SSSR count). The van der Waals surface area contributed by atoms with Gasteiger partial charge in [0.2, 0.25) is 0 Å². The second-order valence-corrected chi connectivity index (χ2v) is 6.87. The first-order valence-corrected chi connectivity index (χ1v) is 8.39. The number of hydrogen-bond donors (Lipinski definition) is 1. The van der Waals surface area contributed by atoms with Gasteiger partial charge < -0.3 is 0 Å². The molecular weight excluding hydrogens is 250 g/mol. The Hall–Kier alpha value is -0.840. The molecule has 1 amide bonds. The maximum Gasteiger partial charge on any atom is 0.261 e. The Balaban J connectivity index is 2.17. The van der Waals surface area contributed by atoms with E-state index >= 15 is 0 Å². The summed E-state index contributed by atoms with van der Waals surface area (Å²) in [5, 5.41) is 0. The first-order valence-electron chi connectivity index (χ1n) is 6.90. The van der Waals surface area contributed by atoms with E-state index < -0.39 is 10.0 Å². The lowest BCUT2D eigenvalue weighted by Gasteiger charge is -2.07. The van der Waals surface area contributed by atoms with Crippen molar-refractivity contribution >= 4 is 15.9 Å². The average molecular weight is 271 g/mol. The molecule has 1 aliphatic carbocycles. The van der Waals surface area contributed by atoms with Crippen LogP contribution in [0.15, 0.2) is 10.5 Å². The van der Waals surface area contributed by atoms with Crippen LogP contribution in [0.2, 0.25) is 0 Å². The van der Waals surface area contributed by atoms with E-state index in [4.69, 9.17) is 0 Å². The van der Waals surface area contributed by atoms with Crippen molar-refractivity contribution in [1.82, 2.24) is 4.72 Å². The molecule has 5 heteroatoms. The van der Waals surface area contributed by atoms with Gasteiger partial charge in [0.15, 0.2) is 0 Å². The molecule has 0 aromatic rings. The Morgan fingerprint density at radius 2 is 1.28 bits per heavy atom. The maximum absolute atomic E-state index is 11.8. The first kappa shape index (κ1) is 13.6. The highest BCUT2D eigenvalue weighted by Crippen LogP contribution is 2.29. The van der Waals surface area contributed by atoms with Gasteiger partial charge in [-0.05, 0) is 25.7 Å². The number of rotatable bonds is 0. The molecule has 18 heavy (non-hydrogen) atoms. The minimum Gasteiger partial charge on any atom is -0.269 e. The van der Waals surface area contributed by atoms with Crippen LogP contribution in [-0.4, -0.2) is 14.3 Å². The van der Waals surface area contributed by atoms with Crippen molar-refractivity contribution in [3.05, 3.63) is 10.5 Å². The zero-order chi connectivity index (χ0) is 13.0. The molecule has 0 aromatic carbocycles. The van der Waals surface area contributed by atoms with Crippen molar-refractivity contribution in [2.75, 3.05) is 0 Å². The van der Waals surface area contributed by atoms with Crippen LogP contribution < -0.4 is 4.72 Å². The predicted octanol–water partition coefficient (Wildman–Crippen LogP) is 2.61. The van der Waals surface area contributed by atoms with Crippen molar-refractivity contribution in [2.45, 2.75) is 64.2 Å². The summed E-state index contributed by atoms with van der Waals surface area (Å²) in [5.74, 6) is -0.387. The molecule has 1 N–H and O–H groups in total. The monoisotopic (exact) mass is 271 g/mol. The van der Waals surface area contributed by atoms with E-state index in [0.717, 1.165) is 25.7 Å². The van der Waals surface area contributed by atoms with Crippen LogP contribution >= 0.6 is 0 Å². The molecule has 4 nitrogen and oxygen atoms in total. The molecule has 0 spiro atoms. The highest BCUT2D eigenvalue weighted by Gasteiger charge is 2.34. The Morgan fingerprint density at radius 1 is 0.778 bits per heavy atom. The number of allylic oxidation sites excluding steroid dienone is 1. The highest BCUT2D eigenvalue weighted by atomic mass is 32.2. The van der Waals surface area contributed by atoms with Gasteiger partial charge in [0.25, 0.3) is 15.9 Å². The summed E-state index contributed by atoms with van der Waals surface area (Å²) in [6.07, 6.45) is 9.93. The van der Waals surface area contributed by atoms with Crippen molar-refractivity contribution < 1.29 is 13.2 Å². The second kappa shape index (κ2) is 5.87. The standard InChI is InChI=1S/C13H21NO3S/c15-13-11-9-7-5-3-1-2-4-6-8-10-12(11)18(16,17)14-13/h1-10H2,(H,14,15). The van der Waals surface area contributed by atoms with Crippen molar-refractivity contribution in [1.29, 1.82) is 0 Å². The molecule has 102 valence electrons. The summed E-state index contributed by atoms with van der Waals surface area (Å²) < 4.78 is 25.8. The molecule has 0 unspecified atom stereocenters. The van der Waals surface area contributed by atoms with E-state index in [2.05, 4.69) is 4.72 Å². The summed E-state index contributed by atoms with van der Waals surface area (Å²) in [5.41, 5.74) is 0.524. The molecule has 0 saturated heterocycles. The van der Waals surface area contributed by atoms with E-state index in [1.165, 1.54) is 25.7 Å². The molecule has 0 radical (unpaired) electrons.